The van der Waals surface area contributed by atoms with Crippen LogP contribution in [0.3, 0.4) is 0 Å². The summed E-state index contributed by atoms with van der Waals surface area (Å²) in [5.74, 6) is 1.68. The first-order valence-corrected chi connectivity index (χ1v) is 9.46. The molecule has 2 aromatic rings. The molecule has 1 aromatic heterocycles. The Morgan fingerprint density at radius 3 is 2.56 bits per heavy atom. The van der Waals surface area contributed by atoms with Gasteiger partial charge in [-0.15, -0.1) is 0 Å². The zero-order valence-corrected chi connectivity index (χ0v) is 16.4. The van der Waals surface area contributed by atoms with Gasteiger partial charge in [-0.25, -0.2) is 4.98 Å². The van der Waals surface area contributed by atoms with E-state index >= 15 is 0 Å². The second-order valence-electron chi connectivity index (χ2n) is 6.57. The van der Waals surface area contributed by atoms with Crippen molar-refractivity contribution < 1.29 is 0 Å². The Bertz CT molecular complexity index is 715. The Hall–Kier alpha value is -1.89. The topological polar surface area (TPSA) is 67.1 Å². The van der Waals surface area contributed by atoms with Crippen LogP contribution in [0.5, 0.6) is 0 Å². The number of rotatable bonds is 5. The smallest absolute Gasteiger partial charge is 0.191 e. The highest BCUT2D eigenvalue weighted by atomic mass is 79.9. The second kappa shape index (κ2) is 7.99. The molecule has 0 aliphatic heterocycles. The number of hydrogen-bond donors (Lipinski definition) is 2. The molecule has 0 radical (unpaired) electrons. The predicted octanol–water partition coefficient (Wildman–Crippen LogP) is 2.75. The van der Waals surface area contributed by atoms with Gasteiger partial charge in [-0.1, -0.05) is 40.9 Å². The monoisotopic (exact) mass is 404 g/mol. The van der Waals surface area contributed by atoms with Gasteiger partial charge in [0.25, 0.3) is 0 Å². The Kier molecular flexibility index (Phi) is 5.73. The maximum Gasteiger partial charge on any atom is 0.191 e. The van der Waals surface area contributed by atoms with E-state index in [4.69, 9.17) is 0 Å². The van der Waals surface area contributed by atoms with Crippen LogP contribution in [0.1, 0.15) is 37.1 Å². The molecule has 6 nitrogen and oxygen atoms in total. The van der Waals surface area contributed by atoms with Crippen LogP contribution in [0.2, 0.25) is 0 Å². The van der Waals surface area contributed by atoms with Gasteiger partial charge in [0.05, 0.1) is 6.54 Å². The molecule has 0 saturated heterocycles. The van der Waals surface area contributed by atoms with E-state index in [-0.39, 0.29) is 5.41 Å². The summed E-state index contributed by atoms with van der Waals surface area (Å²) in [5.41, 5.74) is 1.59. The fourth-order valence-corrected chi connectivity index (χ4v) is 3.80. The molecule has 1 heterocycles. The summed E-state index contributed by atoms with van der Waals surface area (Å²) >= 11 is 3.53. The average Bonchev–Trinajstić information content (AvgIpc) is 3.26. The first kappa shape index (κ1) is 17.9. The van der Waals surface area contributed by atoms with Crippen molar-refractivity contribution in [2.75, 3.05) is 13.6 Å². The number of hydrogen-bond acceptors (Lipinski definition) is 3. The number of aliphatic imine (C=N–C) groups is 1. The van der Waals surface area contributed by atoms with E-state index in [9.17, 15) is 0 Å². The van der Waals surface area contributed by atoms with E-state index in [2.05, 4.69) is 65.9 Å². The first-order chi connectivity index (χ1) is 12.1. The average molecular weight is 405 g/mol. The van der Waals surface area contributed by atoms with Crippen molar-refractivity contribution in [3.63, 3.8) is 0 Å². The molecule has 0 bridgehead atoms. The number of benzene rings is 1. The molecule has 2 N–H and O–H groups in total. The van der Waals surface area contributed by atoms with E-state index in [1.54, 1.807) is 18.1 Å². The lowest BCUT2D eigenvalue weighted by atomic mass is 9.79. The summed E-state index contributed by atoms with van der Waals surface area (Å²) in [6.45, 7) is 1.48. The maximum atomic E-state index is 4.35. The van der Waals surface area contributed by atoms with E-state index < -0.39 is 0 Å². The molecule has 1 saturated carbocycles. The minimum Gasteiger partial charge on any atom is -0.356 e. The Balaban J connectivity index is 1.64. The lowest BCUT2D eigenvalue weighted by molar-refractivity contribution is 0.431. The van der Waals surface area contributed by atoms with Gasteiger partial charge in [-0.05, 0) is 30.5 Å². The molecule has 1 aliphatic rings. The van der Waals surface area contributed by atoms with Crippen molar-refractivity contribution in [3.8, 4) is 0 Å². The summed E-state index contributed by atoms with van der Waals surface area (Å²) in [6, 6.07) is 8.76. The van der Waals surface area contributed by atoms with Gasteiger partial charge in [0, 0.05) is 30.5 Å². The van der Waals surface area contributed by atoms with Gasteiger partial charge < -0.3 is 10.6 Å². The van der Waals surface area contributed by atoms with Crippen LogP contribution in [0.4, 0.5) is 0 Å². The van der Waals surface area contributed by atoms with Crippen molar-refractivity contribution in [3.05, 3.63) is 46.5 Å². The van der Waals surface area contributed by atoms with Crippen LogP contribution in [-0.2, 0) is 19.0 Å². The van der Waals surface area contributed by atoms with Crippen molar-refractivity contribution in [1.82, 2.24) is 25.4 Å². The summed E-state index contributed by atoms with van der Waals surface area (Å²) < 4.78 is 2.89. The fraction of sp³-hybridized carbons (Fsp3) is 0.500. The minimum absolute atomic E-state index is 0.184. The summed E-state index contributed by atoms with van der Waals surface area (Å²) in [7, 11) is 3.69. The molecule has 3 rings (SSSR count). The molecular weight excluding hydrogens is 380 g/mol. The van der Waals surface area contributed by atoms with Crippen LogP contribution in [0.15, 0.2) is 40.1 Å². The molecule has 1 aromatic carbocycles. The van der Waals surface area contributed by atoms with Crippen molar-refractivity contribution in [2.24, 2.45) is 12.0 Å². The highest BCUT2D eigenvalue weighted by Crippen LogP contribution is 2.40. The predicted molar refractivity (Wildman–Crippen MR) is 103 cm³/mol. The van der Waals surface area contributed by atoms with Crippen LogP contribution >= 0.6 is 15.9 Å². The van der Waals surface area contributed by atoms with Crippen LogP contribution < -0.4 is 10.6 Å². The van der Waals surface area contributed by atoms with Crippen molar-refractivity contribution >= 4 is 21.9 Å². The summed E-state index contributed by atoms with van der Waals surface area (Å²) in [5, 5.41) is 10.9. The van der Waals surface area contributed by atoms with Gasteiger partial charge in [0.1, 0.15) is 12.2 Å². The zero-order chi connectivity index (χ0) is 17.7. The summed E-state index contributed by atoms with van der Waals surface area (Å²) in [6.07, 6.45) is 6.55. The first-order valence-electron chi connectivity index (χ1n) is 8.66. The number of aryl methyl sites for hydroxylation is 1. The van der Waals surface area contributed by atoms with Gasteiger partial charge in [0.2, 0.25) is 0 Å². The molecule has 7 heteroatoms. The van der Waals surface area contributed by atoms with E-state index in [0.29, 0.717) is 6.54 Å². The zero-order valence-electron chi connectivity index (χ0n) is 14.8. The molecule has 0 atom stereocenters. The minimum atomic E-state index is 0.184. The number of aromatic nitrogens is 3. The maximum absolute atomic E-state index is 4.35. The molecule has 0 spiro atoms. The quantitative estimate of drug-likeness (QED) is 0.593. The highest BCUT2D eigenvalue weighted by molar-refractivity contribution is 9.10. The van der Waals surface area contributed by atoms with E-state index in [0.717, 1.165) is 22.8 Å². The van der Waals surface area contributed by atoms with Gasteiger partial charge in [-0.2, -0.15) is 5.10 Å². The Morgan fingerprint density at radius 2 is 1.96 bits per heavy atom. The standard InChI is InChI=1S/C18H25BrN6/c1-20-17(21-11-16-23-13-24-25(16)2)22-12-18(9-3-4-10-18)14-5-7-15(19)8-6-14/h5-8,13H,3-4,9-12H2,1-2H3,(H2,20,21,22). The third-order valence-electron chi connectivity index (χ3n) is 5.05. The molecule has 134 valence electrons. The third kappa shape index (κ3) is 4.21. The van der Waals surface area contributed by atoms with Crippen LogP contribution in [0, 0.1) is 0 Å². The molecular formula is C18H25BrN6. The largest absolute Gasteiger partial charge is 0.356 e. The number of nitrogens with one attached hydrogen (secondary N) is 2. The number of nitrogens with zero attached hydrogens (tertiary/aromatic N) is 4. The van der Waals surface area contributed by atoms with Gasteiger partial charge in [-0.3, -0.25) is 9.67 Å². The Labute approximate surface area is 157 Å². The fourth-order valence-electron chi connectivity index (χ4n) is 3.54. The van der Waals surface area contributed by atoms with Gasteiger partial charge >= 0.3 is 0 Å². The SMILES string of the molecule is CN=C(NCc1ncnn1C)NCC1(c2ccc(Br)cc2)CCCC1. The second-order valence-corrected chi connectivity index (χ2v) is 7.49. The Morgan fingerprint density at radius 1 is 1.24 bits per heavy atom. The van der Waals surface area contributed by atoms with Crippen molar-refractivity contribution in [2.45, 2.75) is 37.6 Å². The van der Waals surface area contributed by atoms with Gasteiger partial charge in [0.15, 0.2) is 5.96 Å². The summed E-state index contributed by atoms with van der Waals surface area (Å²) in [4.78, 5) is 8.58. The molecule has 1 aliphatic carbocycles. The third-order valence-corrected chi connectivity index (χ3v) is 5.58. The molecule has 25 heavy (non-hydrogen) atoms. The van der Waals surface area contributed by atoms with E-state index in [1.807, 2.05) is 7.05 Å². The lowest BCUT2D eigenvalue weighted by Gasteiger charge is -2.31. The lowest BCUT2D eigenvalue weighted by Crippen LogP contribution is -2.44. The van der Waals surface area contributed by atoms with Crippen molar-refractivity contribution in [1.29, 1.82) is 0 Å². The van der Waals surface area contributed by atoms with E-state index in [1.165, 1.54) is 31.2 Å². The highest BCUT2D eigenvalue weighted by Gasteiger charge is 2.35. The number of guanidine groups is 1. The normalized spacial score (nSPS) is 16.8. The van der Waals surface area contributed by atoms with Crippen LogP contribution in [0.25, 0.3) is 0 Å². The number of halogens is 1. The molecule has 1 fully saturated rings. The van der Waals surface area contributed by atoms with Crippen LogP contribution in [-0.4, -0.2) is 34.3 Å². The molecule has 0 amide bonds. The molecule has 0 unspecified atom stereocenters.